The fourth-order valence-corrected chi connectivity index (χ4v) is 2.47. The first-order valence-electron chi connectivity index (χ1n) is 6.43. The van der Waals surface area contributed by atoms with Gasteiger partial charge in [0.25, 0.3) is 0 Å². The normalized spacial score (nSPS) is 11.0. The number of aromatic nitrogens is 3. The maximum atomic E-state index is 13.6. The van der Waals surface area contributed by atoms with Gasteiger partial charge >= 0.3 is 0 Å². The third-order valence-electron chi connectivity index (χ3n) is 3.12. The number of aryl methyl sites for hydroxylation is 2. The number of ether oxygens (including phenoxy) is 1. The Hall–Kier alpha value is -1.95. The molecule has 0 aromatic carbocycles. The molecule has 0 aliphatic carbocycles. The molecule has 0 fully saturated rings. The maximum absolute atomic E-state index is 13.6. The summed E-state index contributed by atoms with van der Waals surface area (Å²) in [7, 11) is 0. The molecule has 0 unspecified atom stereocenters. The van der Waals surface area contributed by atoms with E-state index in [1.54, 1.807) is 12.3 Å². The second kappa shape index (κ2) is 5.44. The summed E-state index contributed by atoms with van der Waals surface area (Å²) in [4.78, 5) is 8.45. The maximum Gasteiger partial charge on any atom is 0.180 e. The molecule has 0 N–H and O–H groups in total. The number of halogens is 2. The predicted molar refractivity (Wildman–Crippen MR) is 80.9 cm³/mol. The van der Waals surface area contributed by atoms with Gasteiger partial charge in [0.15, 0.2) is 11.4 Å². The SMILES string of the molecule is Cc1cc(OCc2ncccc2F)c2nc(C)c(Br)n2c1. The molecule has 3 rings (SSSR count). The molecule has 3 aromatic rings. The molecule has 0 amide bonds. The van der Waals surface area contributed by atoms with E-state index < -0.39 is 0 Å². The zero-order chi connectivity index (χ0) is 15.0. The Balaban J connectivity index is 1.97. The van der Waals surface area contributed by atoms with Gasteiger partial charge < -0.3 is 4.74 Å². The summed E-state index contributed by atoms with van der Waals surface area (Å²) in [6, 6.07) is 4.81. The quantitative estimate of drug-likeness (QED) is 0.721. The molecular formula is C15H13BrFN3O. The van der Waals surface area contributed by atoms with Crippen LogP contribution in [0.15, 0.2) is 35.2 Å². The van der Waals surface area contributed by atoms with Gasteiger partial charge in [-0.1, -0.05) is 0 Å². The van der Waals surface area contributed by atoms with E-state index in [1.165, 1.54) is 6.07 Å². The van der Waals surface area contributed by atoms with E-state index >= 15 is 0 Å². The molecular weight excluding hydrogens is 337 g/mol. The molecule has 4 nitrogen and oxygen atoms in total. The summed E-state index contributed by atoms with van der Waals surface area (Å²) >= 11 is 3.50. The van der Waals surface area contributed by atoms with Crippen molar-refractivity contribution in [3.63, 3.8) is 0 Å². The van der Waals surface area contributed by atoms with E-state index in [0.29, 0.717) is 11.4 Å². The van der Waals surface area contributed by atoms with Gasteiger partial charge in [0.1, 0.15) is 22.7 Å². The highest BCUT2D eigenvalue weighted by Gasteiger charge is 2.13. The van der Waals surface area contributed by atoms with Crippen LogP contribution >= 0.6 is 15.9 Å². The molecule has 6 heteroatoms. The lowest BCUT2D eigenvalue weighted by molar-refractivity contribution is 0.295. The average Bonchev–Trinajstić information content (AvgIpc) is 2.74. The highest BCUT2D eigenvalue weighted by atomic mass is 79.9. The van der Waals surface area contributed by atoms with Crippen molar-refractivity contribution < 1.29 is 9.13 Å². The highest BCUT2D eigenvalue weighted by Crippen LogP contribution is 2.27. The van der Waals surface area contributed by atoms with Gasteiger partial charge in [-0.05, 0) is 53.5 Å². The Kier molecular flexibility index (Phi) is 3.63. The molecule has 0 spiro atoms. The lowest BCUT2D eigenvalue weighted by atomic mass is 10.3. The van der Waals surface area contributed by atoms with Gasteiger partial charge in [0, 0.05) is 12.4 Å². The van der Waals surface area contributed by atoms with Gasteiger partial charge in [-0.2, -0.15) is 0 Å². The number of fused-ring (bicyclic) bond motifs is 1. The lowest BCUT2D eigenvalue weighted by Crippen LogP contribution is -2.03. The van der Waals surface area contributed by atoms with E-state index in [4.69, 9.17) is 4.74 Å². The van der Waals surface area contributed by atoms with Crippen LogP contribution in [0.25, 0.3) is 5.65 Å². The monoisotopic (exact) mass is 349 g/mol. The second-order valence-corrected chi connectivity index (χ2v) is 5.54. The Bertz CT molecular complexity index is 816. The van der Waals surface area contributed by atoms with E-state index in [-0.39, 0.29) is 18.1 Å². The number of pyridine rings is 2. The summed E-state index contributed by atoms with van der Waals surface area (Å²) in [6.07, 6.45) is 3.51. The minimum atomic E-state index is -0.373. The minimum absolute atomic E-state index is 0.0648. The van der Waals surface area contributed by atoms with Crippen molar-refractivity contribution in [3.05, 3.63) is 58.0 Å². The Morgan fingerprint density at radius 3 is 2.95 bits per heavy atom. The first-order valence-corrected chi connectivity index (χ1v) is 7.22. The number of hydrogen-bond acceptors (Lipinski definition) is 3. The second-order valence-electron chi connectivity index (χ2n) is 4.78. The number of rotatable bonds is 3. The molecule has 0 radical (unpaired) electrons. The van der Waals surface area contributed by atoms with Gasteiger partial charge in [0.2, 0.25) is 0 Å². The smallest absolute Gasteiger partial charge is 0.180 e. The third-order valence-corrected chi connectivity index (χ3v) is 4.08. The van der Waals surface area contributed by atoms with E-state index in [0.717, 1.165) is 15.9 Å². The standard InChI is InChI=1S/C15H13BrFN3O/c1-9-6-13(15-19-10(2)14(16)20(15)7-9)21-8-12-11(17)4-3-5-18-12/h3-7H,8H2,1-2H3. The molecule has 3 heterocycles. The molecule has 0 saturated carbocycles. The fourth-order valence-electron chi connectivity index (χ4n) is 2.11. The zero-order valence-corrected chi connectivity index (χ0v) is 13.2. The van der Waals surface area contributed by atoms with Crippen LogP contribution in [0.1, 0.15) is 17.0 Å². The average molecular weight is 350 g/mol. The van der Waals surface area contributed by atoms with Crippen LogP contribution in [0.5, 0.6) is 5.75 Å². The Morgan fingerprint density at radius 1 is 1.38 bits per heavy atom. The van der Waals surface area contributed by atoms with E-state index in [1.807, 2.05) is 30.5 Å². The third kappa shape index (κ3) is 2.63. The predicted octanol–water partition coefficient (Wildman–Crippen LogP) is 3.83. The Morgan fingerprint density at radius 2 is 2.19 bits per heavy atom. The number of nitrogens with zero attached hydrogens (tertiary/aromatic N) is 3. The zero-order valence-electron chi connectivity index (χ0n) is 11.6. The van der Waals surface area contributed by atoms with Crippen molar-refractivity contribution in [1.82, 2.24) is 14.4 Å². The topological polar surface area (TPSA) is 39.4 Å². The van der Waals surface area contributed by atoms with Crippen molar-refractivity contribution in [2.75, 3.05) is 0 Å². The van der Waals surface area contributed by atoms with Crippen molar-refractivity contribution in [1.29, 1.82) is 0 Å². The molecule has 0 atom stereocenters. The van der Waals surface area contributed by atoms with Crippen molar-refractivity contribution >= 4 is 21.6 Å². The summed E-state index contributed by atoms with van der Waals surface area (Å²) < 4.78 is 22.1. The van der Waals surface area contributed by atoms with Gasteiger partial charge in [-0.25, -0.2) is 9.37 Å². The fraction of sp³-hybridized carbons (Fsp3) is 0.200. The molecule has 0 saturated heterocycles. The lowest BCUT2D eigenvalue weighted by Gasteiger charge is -2.09. The van der Waals surface area contributed by atoms with Crippen LogP contribution in [0.2, 0.25) is 0 Å². The van der Waals surface area contributed by atoms with Crippen LogP contribution < -0.4 is 4.74 Å². The van der Waals surface area contributed by atoms with Gasteiger partial charge in [-0.15, -0.1) is 0 Å². The number of imidazole rings is 1. The van der Waals surface area contributed by atoms with Crippen molar-refractivity contribution in [2.45, 2.75) is 20.5 Å². The van der Waals surface area contributed by atoms with Crippen LogP contribution in [-0.2, 0) is 6.61 Å². The minimum Gasteiger partial charge on any atom is -0.483 e. The highest BCUT2D eigenvalue weighted by molar-refractivity contribution is 9.10. The number of hydrogen-bond donors (Lipinski definition) is 0. The molecule has 108 valence electrons. The summed E-state index contributed by atoms with van der Waals surface area (Å²) in [5.41, 5.74) is 2.87. The van der Waals surface area contributed by atoms with Crippen LogP contribution in [-0.4, -0.2) is 14.4 Å². The largest absolute Gasteiger partial charge is 0.483 e. The molecule has 21 heavy (non-hydrogen) atoms. The first kappa shape index (κ1) is 14.0. The van der Waals surface area contributed by atoms with E-state index in [9.17, 15) is 4.39 Å². The summed E-state index contributed by atoms with van der Waals surface area (Å²) in [5.74, 6) is 0.232. The van der Waals surface area contributed by atoms with Gasteiger partial charge in [0.05, 0.1) is 5.69 Å². The molecule has 0 aliphatic rings. The Labute approximate surface area is 129 Å². The molecule has 3 aromatic heterocycles. The first-order chi connectivity index (χ1) is 10.1. The summed E-state index contributed by atoms with van der Waals surface area (Å²) in [6.45, 7) is 3.94. The van der Waals surface area contributed by atoms with E-state index in [2.05, 4.69) is 25.9 Å². The van der Waals surface area contributed by atoms with Crippen LogP contribution in [0.4, 0.5) is 4.39 Å². The van der Waals surface area contributed by atoms with Crippen molar-refractivity contribution in [3.8, 4) is 5.75 Å². The summed E-state index contributed by atoms with van der Waals surface area (Å²) in [5, 5.41) is 0. The van der Waals surface area contributed by atoms with Crippen LogP contribution in [0.3, 0.4) is 0 Å². The van der Waals surface area contributed by atoms with Gasteiger partial charge in [-0.3, -0.25) is 9.38 Å². The molecule has 0 bridgehead atoms. The van der Waals surface area contributed by atoms with Crippen molar-refractivity contribution in [2.24, 2.45) is 0 Å². The molecule has 0 aliphatic heterocycles. The van der Waals surface area contributed by atoms with Crippen LogP contribution in [0, 0.1) is 19.7 Å².